The lowest BCUT2D eigenvalue weighted by Gasteiger charge is -2.32. The Morgan fingerprint density at radius 3 is 2.63 bits per heavy atom. The number of likely N-dealkylation sites (tertiary alicyclic amines) is 1. The molecule has 1 saturated carbocycles. The Bertz CT molecular complexity index is 346. The van der Waals surface area contributed by atoms with Crippen molar-refractivity contribution < 1.29 is 14.7 Å². The third-order valence-electron chi connectivity index (χ3n) is 4.59. The molecule has 0 aromatic carbocycles. The number of amides is 1. The van der Waals surface area contributed by atoms with Gasteiger partial charge in [0.2, 0.25) is 5.91 Å². The van der Waals surface area contributed by atoms with E-state index in [0.717, 1.165) is 25.7 Å². The summed E-state index contributed by atoms with van der Waals surface area (Å²) >= 11 is 0. The van der Waals surface area contributed by atoms with E-state index in [-0.39, 0.29) is 24.2 Å². The monoisotopic (exact) mass is 268 g/mol. The molecule has 0 spiro atoms. The molecule has 1 aliphatic heterocycles. The smallest absolute Gasteiger partial charge is 0.303 e. The molecule has 2 aliphatic rings. The van der Waals surface area contributed by atoms with Gasteiger partial charge in [0.1, 0.15) is 0 Å². The first-order valence-corrected chi connectivity index (χ1v) is 7.32. The number of aliphatic carboxylic acids is 1. The minimum absolute atomic E-state index is 0.0716. The van der Waals surface area contributed by atoms with Crippen LogP contribution in [0.3, 0.4) is 0 Å². The van der Waals surface area contributed by atoms with Crippen LogP contribution < -0.4 is 5.73 Å². The highest BCUT2D eigenvalue weighted by Gasteiger charge is 2.36. The van der Waals surface area contributed by atoms with Crippen molar-refractivity contribution in [1.29, 1.82) is 0 Å². The fourth-order valence-electron chi connectivity index (χ4n) is 3.50. The molecule has 0 aromatic heterocycles. The van der Waals surface area contributed by atoms with E-state index < -0.39 is 5.97 Å². The summed E-state index contributed by atoms with van der Waals surface area (Å²) in [6.45, 7) is 1.91. The van der Waals surface area contributed by atoms with E-state index in [1.807, 2.05) is 4.90 Å². The number of nitrogens with two attached hydrogens (primary N) is 1. The lowest BCUT2D eigenvalue weighted by molar-refractivity contribution is -0.140. The Morgan fingerprint density at radius 1 is 1.21 bits per heavy atom. The molecule has 3 atom stereocenters. The van der Waals surface area contributed by atoms with Gasteiger partial charge in [-0.05, 0) is 37.6 Å². The predicted octanol–water partition coefficient (Wildman–Crippen LogP) is 1.07. The Balaban J connectivity index is 1.91. The van der Waals surface area contributed by atoms with Crippen LogP contribution in [0.1, 0.15) is 38.5 Å². The first-order chi connectivity index (χ1) is 9.11. The molecule has 3 N–H and O–H groups in total. The Hall–Kier alpha value is -1.10. The topological polar surface area (TPSA) is 83.6 Å². The highest BCUT2D eigenvalue weighted by molar-refractivity contribution is 5.79. The van der Waals surface area contributed by atoms with Crippen LogP contribution in [0.2, 0.25) is 0 Å². The lowest BCUT2D eigenvalue weighted by atomic mass is 9.78. The lowest BCUT2D eigenvalue weighted by Crippen LogP contribution is -2.41. The van der Waals surface area contributed by atoms with Gasteiger partial charge in [0, 0.05) is 25.4 Å². The molecule has 19 heavy (non-hydrogen) atoms. The number of nitrogens with zero attached hydrogens (tertiary/aromatic N) is 1. The summed E-state index contributed by atoms with van der Waals surface area (Å²) in [5.74, 6) is -0.0386. The van der Waals surface area contributed by atoms with E-state index in [9.17, 15) is 9.59 Å². The highest BCUT2D eigenvalue weighted by Crippen LogP contribution is 2.32. The average molecular weight is 268 g/mol. The third-order valence-corrected chi connectivity index (χ3v) is 4.59. The van der Waals surface area contributed by atoms with Crippen molar-refractivity contribution in [2.75, 3.05) is 19.6 Å². The zero-order valence-electron chi connectivity index (χ0n) is 11.4. The fourth-order valence-corrected chi connectivity index (χ4v) is 3.50. The second kappa shape index (κ2) is 6.37. The summed E-state index contributed by atoms with van der Waals surface area (Å²) in [4.78, 5) is 25.1. The maximum Gasteiger partial charge on any atom is 0.303 e. The average Bonchev–Trinajstić information content (AvgIpc) is 2.85. The highest BCUT2D eigenvalue weighted by atomic mass is 16.4. The van der Waals surface area contributed by atoms with Gasteiger partial charge in [0.25, 0.3) is 0 Å². The second-order valence-electron chi connectivity index (χ2n) is 5.92. The molecular weight excluding hydrogens is 244 g/mol. The Kier molecular flexibility index (Phi) is 4.80. The summed E-state index contributed by atoms with van der Waals surface area (Å²) in [6.07, 6.45) is 5.28. The number of carboxylic acid groups (broad SMARTS) is 1. The largest absolute Gasteiger partial charge is 0.481 e. The molecule has 1 heterocycles. The van der Waals surface area contributed by atoms with Gasteiger partial charge in [-0.3, -0.25) is 9.59 Å². The van der Waals surface area contributed by atoms with E-state index in [1.165, 1.54) is 6.42 Å². The van der Waals surface area contributed by atoms with Gasteiger partial charge in [-0.2, -0.15) is 0 Å². The molecule has 1 aliphatic carbocycles. The molecule has 0 aromatic rings. The van der Waals surface area contributed by atoms with Gasteiger partial charge in [0.15, 0.2) is 0 Å². The van der Waals surface area contributed by atoms with Gasteiger partial charge in [-0.15, -0.1) is 0 Å². The number of rotatable bonds is 4. The Labute approximate surface area is 114 Å². The normalized spacial score (nSPS) is 31.4. The Morgan fingerprint density at radius 2 is 1.95 bits per heavy atom. The van der Waals surface area contributed by atoms with Crippen molar-refractivity contribution in [2.24, 2.45) is 23.5 Å². The van der Waals surface area contributed by atoms with E-state index >= 15 is 0 Å². The number of hydrogen-bond donors (Lipinski definition) is 2. The summed E-state index contributed by atoms with van der Waals surface area (Å²) in [6, 6.07) is 0. The van der Waals surface area contributed by atoms with Crippen molar-refractivity contribution >= 4 is 11.9 Å². The summed E-state index contributed by atoms with van der Waals surface area (Å²) < 4.78 is 0. The molecular formula is C14H24N2O3. The maximum absolute atomic E-state index is 12.5. The van der Waals surface area contributed by atoms with Crippen LogP contribution in [-0.2, 0) is 9.59 Å². The number of carbonyl (C=O) groups is 2. The van der Waals surface area contributed by atoms with Crippen molar-refractivity contribution in [3.63, 3.8) is 0 Å². The van der Waals surface area contributed by atoms with E-state index in [4.69, 9.17) is 10.8 Å². The molecule has 1 amide bonds. The van der Waals surface area contributed by atoms with E-state index in [1.54, 1.807) is 0 Å². The SMILES string of the molecule is NCC1CCCCC1C(=O)N1CCC(CC(=O)O)C1. The fraction of sp³-hybridized carbons (Fsp3) is 0.857. The summed E-state index contributed by atoms with van der Waals surface area (Å²) in [5, 5.41) is 8.81. The summed E-state index contributed by atoms with van der Waals surface area (Å²) in [5.41, 5.74) is 5.77. The van der Waals surface area contributed by atoms with Crippen LogP contribution in [0.25, 0.3) is 0 Å². The minimum Gasteiger partial charge on any atom is -0.481 e. The van der Waals surface area contributed by atoms with Gasteiger partial charge >= 0.3 is 5.97 Å². The first kappa shape index (κ1) is 14.3. The third kappa shape index (κ3) is 3.47. The first-order valence-electron chi connectivity index (χ1n) is 7.32. The number of hydrogen-bond acceptors (Lipinski definition) is 3. The standard InChI is InChI=1S/C14H24N2O3/c15-8-11-3-1-2-4-12(11)14(19)16-6-5-10(9-16)7-13(17)18/h10-12H,1-9,15H2,(H,17,18). The zero-order chi connectivity index (χ0) is 13.8. The van der Waals surface area contributed by atoms with Gasteiger partial charge in [-0.1, -0.05) is 12.8 Å². The molecule has 1 saturated heterocycles. The van der Waals surface area contributed by atoms with Gasteiger partial charge < -0.3 is 15.7 Å². The van der Waals surface area contributed by atoms with Crippen LogP contribution in [0, 0.1) is 17.8 Å². The van der Waals surface area contributed by atoms with Crippen molar-refractivity contribution in [3.8, 4) is 0 Å². The molecule has 3 unspecified atom stereocenters. The molecule has 5 heteroatoms. The van der Waals surface area contributed by atoms with Crippen LogP contribution in [-0.4, -0.2) is 41.5 Å². The van der Waals surface area contributed by atoms with Crippen LogP contribution in [0.4, 0.5) is 0 Å². The van der Waals surface area contributed by atoms with Crippen molar-refractivity contribution in [3.05, 3.63) is 0 Å². The number of carbonyl (C=O) groups excluding carboxylic acids is 1. The molecule has 108 valence electrons. The van der Waals surface area contributed by atoms with Crippen LogP contribution in [0.5, 0.6) is 0 Å². The predicted molar refractivity (Wildman–Crippen MR) is 71.4 cm³/mol. The maximum atomic E-state index is 12.5. The van der Waals surface area contributed by atoms with Crippen LogP contribution >= 0.6 is 0 Å². The van der Waals surface area contributed by atoms with Gasteiger partial charge in [-0.25, -0.2) is 0 Å². The molecule has 0 bridgehead atoms. The molecule has 0 radical (unpaired) electrons. The second-order valence-corrected chi connectivity index (χ2v) is 5.92. The number of carboxylic acids is 1. The minimum atomic E-state index is -0.767. The quantitative estimate of drug-likeness (QED) is 0.799. The molecule has 2 fully saturated rings. The van der Waals surface area contributed by atoms with Gasteiger partial charge in [0.05, 0.1) is 0 Å². The van der Waals surface area contributed by atoms with Crippen LogP contribution in [0.15, 0.2) is 0 Å². The van der Waals surface area contributed by atoms with E-state index in [2.05, 4.69) is 0 Å². The molecule has 5 nitrogen and oxygen atoms in total. The zero-order valence-corrected chi connectivity index (χ0v) is 11.4. The van der Waals surface area contributed by atoms with E-state index in [0.29, 0.717) is 25.6 Å². The van der Waals surface area contributed by atoms with Crippen molar-refractivity contribution in [1.82, 2.24) is 4.90 Å². The van der Waals surface area contributed by atoms with Crippen molar-refractivity contribution in [2.45, 2.75) is 38.5 Å². The summed E-state index contributed by atoms with van der Waals surface area (Å²) in [7, 11) is 0. The molecule has 2 rings (SSSR count).